The summed E-state index contributed by atoms with van der Waals surface area (Å²) in [6, 6.07) is 0. The first-order valence-electron chi connectivity index (χ1n) is 5.83. The van der Waals surface area contributed by atoms with Crippen LogP contribution in [0, 0.1) is 0 Å². The van der Waals surface area contributed by atoms with E-state index in [1.165, 1.54) is 24.3 Å². The molecule has 0 fully saturated rings. The third kappa shape index (κ3) is 9.43. The summed E-state index contributed by atoms with van der Waals surface area (Å²) in [5, 5.41) is 0. The van der Waals surface area contributed by atoms with Crippen molar-refractivity contribution in [2.24, 2.45) is 0 Å². The maximum absolute atomic E-state index is 4.36. The molecule has 0 aromatic carbocycles. The normalized spacial score (nSPS) is 13.1. The van der Waals surface area contributed by atoms with Crippen LogP contribution < -0.4 is 0 Å². The molecule has 0 saturated heterocycles. The van der Waals surface area contributed by atoms with Crippen LogP contribution in [0.4, 0.5) is 0 Å². The number of unbranched alkanes of at least 4 members (excludes halogenated alkanes) is 1. The number of thioether (sulfide) groups is 2. The molecule has 0 bridgehead atoms. The first-order chi connectivity index (χ1) is 7.33. The molecule has 4 heteroatoms. The van der Waals surface area contributed by atoms with Crippen molar-refractivity contribution in [2.75, 3.05) is 23.0 Å². The summed E-state index contributed by atoms with van der Waals surface area (Å²) in [7, 11) is 0. The Morgan fingerprint density at radius 3 is 1.31 bits per heavy atom. The van der Waals surface area contributed by atoms with Crippen LogP contribution in [0.5, 0.6) is 0 Å². The number of hydrogen-bond donors (Lipinski definition) is 2. The molecule has 0 heterocycles. The number of hydrogen-bond acceptors (Lipinski definition) is 4. The minimum Gasteiger partial charge on any atom is -0.178 e. The van der Waals surface area contributed by atoms with Crippen LogP contribution in [-0.2, 0) is 0 Å². The van der Waals surface area contributed by atoms with Gasteiger partial charge in [0, 0.05) is 21.0 Å². The Morgan fingerprint density at radius 1 is 0.750 bits per heavy atom. The van der Waals surface area contributed by atoms with E-state index in [-0.39, 0.29) is 0 Å². The predicted octanol–water partition coefficient (Wildman–Crippen LogP) is 4.65. The number of thiol groups is 2. The summed E-state index contributed by atoms with van der Waals surface area (Å²) in [6.45, 7) is 9.07. The summed E-state index contributed by atoms with van der Waals surface area (Å²) >= 11 is 12.8. The van der Waals surface area contributed by atoms with Crippen molar-refractivity contribution in [1.82, 2.24) is 0 Å². The van der Waals surface area contributed by atoms with Gasteiger partial charge in [0.25, 0.3) is 0 Å². The predicted molar refractivity (Wildman–Crippen MR) is 90.0 cm³/mol. The van der Waals surface area contributed by atoms with Crippen LogP contribution in [0.3, 0.4) is 0 Å². The molecule has 0 aromatic heterocycles. The Morgan fingerprint density at radius 2 is 1.06 bits per heavy atom. The van der Waals surface area contributed by atoms with E-state index in [0.717, 1.165) is 11.5 Å². The van der Waals surface area contributed by atoms with Gasteiger partial charge in [-0.2, -0.15) is 48.8 Å². The highest BCUT2D eigenvalue weighted by Gasteiger charge is 2.16. The summed E-state index contributed by atoms with van der Waals surface area (Å²) in [4.78, 5) is 0. The second-order valence-corrected chi connectivity index (χ2v) is 9.48. The van der Waals surface area contributed by atoms with E-state index >= 15 is 0 Å². The van der Waals surface area contributed by atoms with Crippen molar-refractivity contribution in [3.05, 3.63) is 0 Å². The van der Waals surface area contributed by atoms with Gasteiger partial charge in [0.2, 0.25) is 0 Å². The van der Waals surface area contributed by atoms with Crippen molar-refractivity contribution in [2.45, 2.75) is 50.0 Å². The molecular weight excluding hydrogens is 272 g/mol. The van der Waals surface area contributed by atoms with Gasteiger partial charge >= 0.3 is 0 Å². The molecule has 0 aliphatic heterocycles. The fourth-order valence-corrected chi connectivity index (χ4v) is 3.52. The second-order valence-electron chi connectivity index (χ2n) is 5.24. The molecular formula is C12H26S4. The maximum atomic E-state index is 4.36. The lowest BCUT2D eigenvalue weighted by Crippen LogP contribution is -2.18. The molecule has 16 heavy (non-hydrogen) atoms. The maximum Gasteiger partial charge on any atom is 0.0191 e. The highest BCUT2D eigenvalue weighted by atomic mass is 32.2. The Labute approximate surface area is 121 Å². The minimum atomic E-state index is 0.334. The lowest BCUT2D eigenvalue weighted by atomic mass is 10.2. The lowest BCUT2D eigenvalue weighted by Gasteiger charge is -2.22. The summed E-state index contributed by atoms with van der Waals surface area (Å²) in [5.74, 6) is 4.43. The standard InChI is InChI=1S/C12H26S4/c1-11(2,9-13)15-7-5-6-8-16-12(3,4)10-14/h13-14H,5-10H2,1-4H3. The van der Waals surface area contributed by atoms with Gasteiger partial charge in [0.05, 0.1) is 0 Å². The quantitative estimate of drug-likeness (QED) is 0.470. The van der Waals surface area contributed by atoms with E-state index in [1.54, 1.807) is 0 Å². The van der Waals surface area contributed by atoms with Crippen LogP contribution in [0.2, 0.25) is 0 Å². The average Bonchev–Trinajstić information content (AvgIpc) is 2.23. The third-order valence-corrected chi connectivity index (χ3v) is 7.13. The lowest BCUT2D eigenvalue weighted by molar-refractivity contribution is 0.801. The smallest absolute Gasteiger partial charge is 0.0191 e. The molecule has 0 unspecified atom stereocenters. The van der Waals surface area contributed by atoms with E-state index in [1.807, 2.05) is 23.5 Å². The summed E-state index contributed by atoms with van der Waals surface area (Å²) < 4.78 is 0.668. The largest absolute Gasteiger partial charge is 0.178 e. The number of rotatable bonds is 9. The summed E-state index contributed by atoms with van der Waals surface area (Å²) in [5.41, 5.74) is 0. The van der Waals surface area contributed by atoms with Gasteiger partial charge in [0.15, 0.2) is 0 Å². The minimum absolute atomic E-state index is 0.334. The monoisotopic (exact) mass is 298 g/mol. The average molecular weight is 299 g/mol. The van der Waals surface area contributed by atoms with Gasteiger partial charge in [-0.1, -0.05) is 0 Å². The molecule has 0 amide bonds. The molecule has 0 rings (SSSR count). The van der Waals surface area contributed by atoms with Crippen LogP contribution >= 0.6 is 48.8 Å². The Bertz CT molecular complexity index is 158. The highest BCUT2D eigenvalue weighted by molar-refractivity contribution is 8.01. The van der Waals surface area contributed by atoms with E-state index < -0.39 is 0 Å². The Balaban J connectivity index is 3.42. The molecule has 98 valence electrons. The van der Waals surface area contributed by atoms with E-state index in [9.17, 15) is 0 Å². The van der Waals surface area contributed by atoms with Crippen LogP contribution in [-0.4, -0.2) is 32.5 Å². The zero-order valence-electron chi connectivity index (χ0n) is 11.0. The van der Waals surface area contributed by atoms with Crippen molar-refractivity contribution in [3.63, 3.8) is 0 Å². The van der Waals surface area contributed by atoms with E-state index in [4.69, 9.17) is 0 Å². The molecule has 0 spiro atoms. The zero-order chi connectivity index (χ0) is 12.7. The van der Waals surface area contributed by atoms with E-state index in [2.05, 4.69) is 53.0 Å². The Hall–Kier alpha value is 1.40. The van der Waals surface area contributed by atoms with Gasteiger partial charge in [0.1, 0.15) is 0 Å². The molecule has 0 atom stereocenters. The molecule has 0 aliphatic carbocycles. The fourth-order valence-electron chi connectivity index (χ4n) is 0.992. The van der Waals surface area contributed by atoms with Crippen molar-refractivity contribution >= 4 is 48.8 Å². The van der Waals surface area contributed by atoms with Gasteiger partial charge in [-0.25, -0.2) is 0 Å². The third-order valence-electron chi connectivity index (χ3n) is 2.29. The molecule has 0 saturated carbocycles. The SMILES string of the molecule is CC(C)(CS)SCCCCSC(C)(C)CS. The molecule has 0 radical (unpaired) electrons. The van der Waals surface area contributed by atoms with Crippen molar-refractivity contribution < 1.29 is 0 Å². The summed E-state index contributed by atoms with van der Waals surface area (Å²) in [6.07, 6.45) is 2.63. The van der Waals surface area contributed by atoms with Crippen LogP contribution in [0.25, 0.3) is 0 Å². The highest BCUT2D eigenvalue weighted by Crippen LogP contribution is 2.28. The molecule has 0 aromatic rings. The van der Waals surface area contributed by atoms with Gasteiger partial charge < -0.3 is 0 Å². The van der Waals surface area contributed by atoms with Crippen molar-refractivity contribution in [3.8, 4) is 0 Å². The van der Waals surface area contributed by atoms with Crippen molar-refractivity contribution in [1.29, 1.82) is 0 Å². The van der Waals surface area contributed by atoms with Gasteiger partial charge in [-0.15, -0.1) is 0 Å². The zero-order valence-corrected chi connectivity index (χ0v) is 14.4. The van der Waals surface area contributed by atoms with Crippen LogP contribution in [0.15, 0.2) is 0 Å². The van der Waals surface area contributed by atoms with Gasteiger partial charge in [-0.3, -0.25) is 0 Å². The van der Waals surface area contributed by atoms with Gasteiger partial charge in [-0.05, 0) is 52.0 Å². The second kappa shape index (κ2) is 8.49. The topological polar surface area (TPSA) is 0 Å². The van der Waals surface area contributed by atoms with E-state index in [0.29, 0.717) is 9.49 Å². The molecule has 0 nitrogen and oxygen atoms in total. The van der Waals surface area contributed by atoms with Crippen LogP contribution in [0.1, 0.15) is 40.5 Å². The first-order valence-corrected chi connectivity index (χ1v) is 9.06. The fraction of sp³-hybridized carbons (Fsp3) is 1.00. The first kappa shape index (κ1) is 17.4. The molecule has 0 aliphatic rings. The Kier molecular flexibility index (Phi) is 9.24. The molecule has 0 N–H and O–H groups in total.